The van der Waals surface area contributed by atoms with Crippen LogP contribution in [0.2, 0.25) is 0 Å². The molecule has 0 spiro atoms. The van der Waals surface area contributed by atoms with Crippen molar-refractivity contribution in [2.45, 2.75) is 20.5 Å². The number of aryl methyl sites for hydroxylation is 2. The van der Waals surface area contributed by atoms with E-state index in [0.29, 0.717) is 23.0 Å². The standard InChI is InChI=1S/C22H18N2O5S/c1-13-6-3-7-15(19(13)24-20(25)17-8-4-10-27-17)22(26)28-12-16-14(2)29-21(23-16)18-9-5-11-30-18/h3-11H,12H2,1-2H3,(H,24,25). The monoisotopic (exact) mass is 422 g/mol. The second-order valence-electron chi connectivity index (χ2n) is 6.50. The molecule has 30 heavy (non-hydrogen) atoms. The van der Waals surface area contributed by atoms with E-state index in [-0.39, 0.29) is 17.9 Å². The average molecular weight is 422 g/mol. The molecule has 3 aromatic heterocycles. The lowest BCUT2D eigenvalue weighted by Crippen LogP contribution is -2.16. The molecule has 0 atom stereocenters. The Labute approximate surface area is 176 Å². The van der Waals surface area contributed by atoms with Crippen LogP contribution < -0.4 is 5.32 Å². The molecule has 0 fully saturated rings. The lowest BCUT2D eigenvalue weighted by molar-refractivity contribution is 0.0468. The van der Waals surface area contributed by atoms with E-state index in [1.165, 1.54) is 17.6 Å². The highest BCUT2D eigenvalue weighted by atomic mass is 32.1. The molecule has 152 valence electrons. The molecular weight excluding hydrogens is 404 g/mol. The number of furan rings is 1. The van der Waals surface area contributed by atoms with Crippen molar-refractivity contribution in [1.29, 1.82) is 0 Å². The number of para-hydroxylation sites is 1. The van der Waals surface area contributed by atoms with E-state index in [0.717, 1.165) is 10.4 Å². The van der Waals surface area contributed by atoms with Crippen molar-refractivity contribution >= 4 is 28.9 Å². The predicted octanol–water partition coefficient (Wildman–Crippen LogP) is 5.22. The van der Waals surface area contributed by atoms with Crippen LogP contribution in [0.15, 0.2) is 62.9 Å². The van der Waals surface area contributed by atoms with Gasteiger partial charge in [0, 0.05) is 0 Å². The third-order valence-corrected chi connectivity index (χ3v) is 5.30. The number of amides is 1. The van der Waals surface area contributed by atoms with Gasteiger partial charge in [-0.2, -0.15) is 0 Å². The summed E-state index contributed by atoms with van der Waals surface area (Å²) in [5, 5.41) is 4.66. The average Bonchev–Trinajstić information content (AvgIpc) is 3.49. The summed E-state index contributed by atoms with van der Waals surface area (Å²) in [6.45, 7) is 3.53. The van der Waals surface area contributed by atoms with Crippen LogP contribution in [0.3, 0.4) is 0 Å². The summed E-state index contributed by atoms with van der Waals surface area (Å²) in [6.07, 6.45) is 1.41. The topological polar surface area (TPSA) is 94.6 Å². The number of ether oxygens (including phenoxy) is 1. The van der Waals surface area contributed by atoms with Crippen molar-refractivity contribution in [1.82, 2.24) is 4.98 Å². The Bertz CT molecular complexity index is 1180. The minimum Gasteiger partial charge on any atom is -0.459 e. The second kappa shape index (κ2) is 8.38. The zero-order valence-electron chi connectivity index (χ0n) is 16.3. The lowest BCUT2D eigenvalue weighted by atomic mass is 10.1. The minimum absolute atomic E-state index is 0.0426. The molecule has 0 bridgehead atoms. The summed E-state index contributed by atoms with van der Waals surface area (Å²) >= 11 is 1.52. The van der Waals surface area contributed by atoms with Crippen LogP contribution in [-0.2, 0) is 11.3 Å². The Balaban J connectivity index is 1.50. The highest BCUT2D eigenvalue weighted by Crippen LogP contribution is 2.27. The normalized spacial score (nSPS) is 10.7. The van der Waals surface area contributed by atoms with Crippen molar-refractivity contribution in [2.24, 2.45) is 0 Å². The summed E-state index contributed by atoms with van der Waals surface area (Å²) < 4.78 is 16.2. The number of carbonyl (C=O) groups excluding carboxylic acids is 2. The molecular formula is C22H18N2O5S. The van der Waals surface area contributed by atoms with E-state index in [9.17, 15) is 9.59 Å². The molecule has 1 aromatic carbocycles. The van der Waals surface area contributed by atoms with Crippen LogP contribution >= 0.6 is 11.3 Å². The Hall–Kier alpha value is -3.65. The highest BCUT2D eigenvalue weighted by molar-refractivity contribution is 7.13. The fraction of sp³-hybridized carbons (Fsp3) is 0.136. The predicted molar refractivity (Wildman–Crippen MR) is 112 cm³/mol. The number of rotatable bonds is 6. The van der Waals surface area contributed by atoms with E-state index in [1.54, 1.807) is 44.2 Å². The maximum Gasteiger partial charge on any atom is 0.340 e. The van der Waals surface area contributed by atoms with E-state index in [4.69, 9.17) is 13.6 Å². The molecule has 1 N–H and O–H groups in total. The third kappa shape index (κ3) is 4.04. The SMILES string of the molecule is Cc1cccc(C(=O)OCc2nc(-c3cccs3)oc2C)c1NC(=O)c1ccco1. The maximum absolute atomic E-state index is 12.8. The number of thiophene rings is 1. The number of benzene rings is 1. The van der Waals surface area contributed by atoms with Crippen LogP contribution in [0.1, 0.15) is 37.9 Å². The van der Waals surface area contributed by atoms with Crippen molar-refractivity contribution in [3.63, 3.8) is 0 Å². The zero-order valence-corrected chi connectivity index (χ0v) is 17.1. The minimum atomic E-state index is -0.575. The quantitative estimate of drug-likeness (QED) is 0.428. The van der Waals surface area contributed by atoms with Crippen LogP contribution in [0.25, 0.3) is 10.8 Å². The van der Waals surface area contributed by atoms with Gasteiger partial charge in [-0.1, -0.05) is 18.2 Å². The van der Waals surface area contributed by atoms with E-state index in [1.807, 2.05) is 17.5 Å². The van der Waals surface area contributed by atoms with Gasteiger partial charge in [0.15, 0.2) is 5.76 Å². The number of nitrogens with zero attached hydrogens (tertiary/aromatic N) is 1. The van der Waals surface area contributed by atoms with Gasteiger partial charge < -0.3 is 18.9 Å². The highest BCUT2D eigenvalue weighted by Gasteiger charge is 2.20. The Morgan fingerprint density at radius 1 is 1.13 bits per heavy atom. The van der Waals surface area contributed by atoms with Crippen molar-refractivity contribution in [3.05, 3.63) is 82.4 Å². The molecule has 7 nitrogen and oxygen atoms in total. The fourth-order valence-corrected chi connectivity index (χ4v) is 3.51. The largest absolute Gasteiger partial charge is 0.459 e. The summed E-state index contributed by atoms with van der Waals surface area (Å²) in [6, 6.07) is 12.1. The van der Waals surface area contributed by atoms with E-state index < -0.39 is 11.9 Å². The first-order valence-electron chi connectivity index (χ1n) is 9.14. The Kier molecular flexibility index (Phi) is 5.49. The van der Waals surface area contributed by atoms with Crippen molar-refractivity contribution in [2.75, 3.05) is 5.32 Å². The number of hydrogen-bond acceptors (Lipinski definition) is 7. The van der Waals surface area contributed by atoms with Gasteiger partial charge in [-0.25, -0.2) is 9.78 Å². The molecule has 0 unspecified atom stereocenters. The molecule has 3 heterocycles. The number of hydrogen-bond donors (Lipinski definition) is 1. The number of carbonyl (C=O) groups is 2. The lowest BCUT2D eigenvalue weighted by Gasteiger charge is -2.12. The van der Waals surface area contributed by atoms with Crippen LogP contribution in [0, 0.1) is 13.8 Å². The Morgan fingerprint density at radius 3 is 2.73 bits per heavy atom. The van der Waals surface area contributed by atoms with Gasteiger partial charge >= 0.3 is 5.97 Å². The van der Waals surface area contributed by atoms with Crippen LogP contribution in [0.5, 0.6) is 0 Å². The molecule has 0 saturated heterocycles. The van der Waals surface area contributed by atoms with Gasteiger partial charge in [-0.05, 0) is 49.1 Å². The maximum atomic E-state index is 12.8. The number of aromatic nitrogens is 1. The smallest absolute Gasteiger partial charge is 0.340 e. The fourth-order valence-electron chi connectivity index (χ4n) is 2.87. The van der Waals surface area contributed by atoms with Gasteiger partial charge in [0.2, 0.25) is 5.89 Å². The molecule has 0 aliphatic heterocycles. The Morgan fingerprint density at radius 2 is 2.00 bits per heavy atom. The number of oxazole rings is 1. The first-order valence-corrected chi connectivity index (χ1v) is 10.0. The van der Waals surface area contributed by atoms with Gasteiger partial charge in [-0.3, -0.25) is 4.79 Å². The summed E-state index contributed by atoms with van der Waals surface area (Å²) in [4.78, 5) is 30.4. The van der Waals surface area contributed by atoms with E-state index in [2.05, 4.69) is 10.3 Å². The van der Waals surface area contributed by atoms with Crippen molar-refractivity contribution in [3.8, 4) is 10.8 Å². The van der Waals surface area contributed by atoms with E-state index >= 15 is 0 Å². The van der Waals surface area contributed by atoms with Gasteiger partial charge in [0.1, 0.15) is 18.1 Å². The van der Waals surface area contributed by atoms with Gasteiger partial charge in [0.05, 0.1) is 22.4 Å². The third-order valence-electron chi connectivity index (χ3n) is 4.44. The zero-order chi connectivity index (χ0) is 21.1. The van der Waals surface area contributed by atoms with Gasteiger partial charge in [-0.15, -0.1) is 11.3 Å². The molecule has 1 amide bonds. The molecule has 4 aromatic rings. The number of anilines is 1. The summed E-state index contributed by atoms with van der Waals surface area (Å²) in [5.74, 6) is 0.207. The first-order chi connectivity index (χ1) is 14.5. The molecule has 0 aliphatic rings. The van der Waals surface area contributed by atoms with Crippen LogP contribution in [0.4, 0.5) is 5.69 Å². The summed E-state index contributed by atoms with van der Waals surface area (Å²) in [7, 11) is 0. The second-order valence-corrected chi connectivity index (χ2v) is 7.45. The van der Waals surface area contributed by atoms with Crippen molar-refractivity contribution < 1.29 is 23.2 Å². The molecule has 4 rings (SSSR count). The number of esters is 1. The number of nitrogens with one attached hydrogen (secondary N) is 1. The molecule has 0 saturated carbocycles. The first kappa shape index (κ1) is 19.7. The molecule has 0 radical (unpaired) electrons. The summed E-state index contributed by atoms with van der Waals surface area (Å²) in [5.41, 5.74) is 1.89. The molecule has 8 heteroatoms. The van der Waals surface area contributed by atoms with Crippen LogP contribution in [-0.4, -0.2) is 16.9 Å². The molecule has 0 aliphatic carbocycles. The van der Waals surface area contributed by atoms with Gasteiger partial charge in [0.25, 0.3) is 5.91 Å².